The Morgan fingerprint density at radius 3 is 2.56 bits per heavy atom. The Morgan fingerprint density at radius 2 is 1.81 bits per heavy atom. The molecule has 162 valence electrons. The lowest BCUT2D eigenvalue weighted by Gasteiger charge is -2.11. The highest BCUT2D eigenvalue weighted by molar-refractivity contribution is 7.91. The molecule has 0 spiro atoms. The van der Waals surface area contributed by atoms with Crippen molar-refractivity contribution in [3.8, 4) is 11.3 Å². The van der Waals surface area contributed by atoms with Crippen LogP contribution in [-0.4, -0.2) is 29.2 Å². The smallest absolute Gasteiger partial charge is 0.182 e. The molecule has 0 aliphatic rings. The van der Waals surface area contributed by atoms with Crippen molar-refractivity contribution in [2.75, 3.05) is 5.75 Å². The fourth-order valence-electron chi connectivity index (χ4n) is 3.41. The Balaban J connectivity index is 1.54. The number of pyridine rings is 2. The fraction of sp³-hybridized carbons (Fsp3) is 0.120. The molecule has 1 atom stereocenters. The van der Waals surface area contributed by atoms with Crippen molar-refractivity contribution >= 4 is 26.9 Å². The number of aliphatic hydroxyl groups excluding tert-OH is 1. The van der Waals surface area contributed by atoms with Crippen LogP contribution in [0.15, 0.2) is 83.9 Å². The Labute approximate surface area is 185 Å². The standard InChI is InChI=1S/C25H21FN2O3S/c1-17(29)22-6-2-3-7-24(22)32(30,31)14-4-5-18-15-20-10-13-23(28-25(20)27-16-18)19-8-11-21(26)12-9-19/h2-13,15-17,29H,14H2,1H3. The highest BCUT2D eigenvalue weighted by Crippen LogP contribution is 2.24. The van der Waals surface area contributed by atoms with Crippen LogP contribution in [0, 0.1) is 5.82 Å². The first-order valence-corrected chi connectivity index (χ1v) is 11.7. The molecule has 4 aromatic rings. The maximum Gasteiger partial charge on any atom is 0.182 e. The molecule has 0 radical (unpaired) electrons. The van der Waals surface area contributed by atoms with Gasteiger partial charge >= 0.3 is 0 Å². The van der Waals surface area contributed by atoms with Crippen LogP contribution in [-0.2, 0) is 9.84 Å². The highest BCUT2D eigenvalue weighted by atomic mass is 32.2. The van der Waals surface area contributed by atoms with Crippen LogP contribution in [0.3, 0.4) is 0 Å². The summed E-state index contributed by atoms with van der Waals surface area (Å²) in [6.45, 7) is 1.54. The Morgan fingerprint density at radius 1 is 1.06 bits per heavy atom. The van der Waals surface area contributed by atoms with Crippen LogP contribution in [0.2, 0.25) is 0 Å². The second-order valence-corrected chi connectivity index (χ2v) is 9.42. The molecule has 4 rings (SSSR count). The molecular formula is C25H21FN2O3S. The topological polar surface area (TPSA) is 80.1 Å². The molecule has 2 heterocycles. The number of halogens is 1. The largest absolute Gasteiger partial charge is 0.389 e. The fourth-order valence-corrected chi connectivity index (χ4v) is 4.82. The lowest BCUT2D eigenvalue weighted by Crippen LogP contribution is -2.09. The Bertz CT molecular complexity index is 1400. The molecule has 1 unspecified atom stereocenters. The van der Waals surface area contributed by atoms with Crippen LogP contribution >= 0.6 is 0 Å². The summed E-state index contributed by atoms with van der Waals surface area (Å²) in [5.74, 6) is -0.503. The van der Waals surface area contributed by atoms with Gasteiger partial charge in [-0.3, -0.25) is 0 Å². The number of hydrogen-bond donors (Lipinski definition) is 1. The van der Waals surface area contributed by atoms with Gasteiger partial charge in [-0.2, -0.15) is 0 Å². The minimum atomic E-state index is -3.59. The van der Waals surface area contributed by atoms with Crippen LogP contribution in [0.1, 0.15) is 24.2 Å². The van der Waals surface area contributed by atoms with E-state index in [0.717, 1.165) is 16.5 Å². The SMILES string of the molecule is CC(O)c1ccccc1S(=O)(=O)CC=Cc1cnc2nc(-c3ccc(F)cc3)ccc2c1. The van der Waals surface area contributed by atoms with E-state index in [1.165, 1.54) is 18.2 Å². The van der Waals surface area contributed by atoms with Gasteiger partial charge in [0.15, 0.2) is 15.5 Å². The van der Waals surface area contributed by atoms with Crippen LogP contribution in [0.4, 0.5) is 4.39 Å². The first kappa shape index (κ1) is 21.8. The van der Waals surface area contributed by atoms with Gasteiger partial charge < -0.3 is 5.11 Å². The zero-order valence-electron chi connectivity index (χ0n) is 17.3. The molecule has 2 aromatic carbocycles. The molecule has 0 fully saturated rings. The molecule has 5 nitrogen and oxygen atoms in total. The summed E-state index contributed by atoms with van der Waals surface area (Å²) in [5.41, 5.74) is 3.16. The summed E-state index contributed by atoms with van der Waals surface area (Å²) in [6.07, 6.45) is 4.01. The molecular weight excluding hydrogens is 427 g/mol. The average molecular weight is 449 g/mol. The third kappa shape index (κ3) is 4.74. The zero-order valence-corrected chi connectivity index (χ0v) is 18.1. The van der Waals surface area contributed by atoms with E-state index in [1.807, 2.05) is 18.2 Å². The van der Waals surface area contributed by atoms with E-state index >= 15 is 0 Å². The Kier molecular flexibility index (Phi) is 6.12. The third-order valence-corrected chi connectivity index (χ3v) is 6.71. The number of fused-ring (bicyclic) bond motifs is 1. The van der Waals surface area contributed by atoms with Crippen molar-refractivity contribution in [3.63, 3.8) is 0 Å². The predicted molar refractivity (Wildman–Crippen MR) is 123 cm³/mol. The second kappa shape index (κ2) is 8.98. The molecule has 0 saturated carbocycles. The second-order valence-electron chi connectivity index (χ2n) is 7.42. The van der Waals surface area contributed by atoms with Gasteiger partial charge in [0.25, 0.3) is 0 Å². The van der Waals surface area contributed by atoms with Gasteiger partial charge in [-0.15, -0.1) is 0 Å². The predicted octanol–water partition coefficient (Wildman–Crippen LogP) is 4.98. The van der Waals surface area contributed by atoms with E-state index < -0.39 is 15.9 Å². The summed E-state index contributed by atoms with van der Waals surface area (Å²) in [4.78, 5) is 9.03. The van der Waals surface area contributed by atoms with E-state index in [1.54, 1.807) is 55.6 Å². The monoisotopic (exact) mass is 448 g/mol. The van der Waals surface area contributed by atoms with Crippen LogP contribution in [0.5, 0.6) is 0 Å². The van der Waals surface area contributed by atoms with Crippen molar-refractivity contribution in [3.05, 3.63) is 95.9 Å². The van der Waals surface area contributed by atoms with Gasteiger partial charge in [0.05, 0.1) is 22.4 Å². The zero-order chi connectivity index (χ0) is 22.7. The molecule has 7 heteroatoms. The summed E-state index contributed by atoms with van der Waals surface area (Å²) in [5, 5.41) is 10.7. The van der Waals surface area contributed by atoms with E-state index in [2.05, 4.69) is 9.97 Å². The number of aliphatic hydroxyl groups is 1. The van der Waals surface area contributed by atoms with E-state index in [9.17, 15) is 17.9 Å². The summed E-state index contributed by atoms with van der Waals surface area (Å²) in [7, 11) is -3.59. The molecule has 2 aromatic heterocycles. The summed E-state index contributed by atoms with van der Waals surface area (Å²) in [6, 6.07) is 18.1. The third-order valence-electron chi connectivity index (χ3n) is 5.03. The normalized spacial score (nSPS) is 13.0. The van der Waals surface area contributed by atoms with Gasteiger partial charge in [-0.1, -0.05) is 30.4 Å². The maximum absolute atomic E-state index is 13.1. The molecule has 1 N–H and O–H groups in total. The molecule has 0 bridgehead atoms. The van der Waals surface area contributed by atoms with Crippen molar-refractivity contribution in [2.45, 2.75) is 17.9 Å². The van der Waals surface area contributed by atoms with Gasteiger partial charge in [0.2, 0.25) is 0 Å². The minimum absolute atomic E-state index is 0.133. The lowest BCUT2D eigenvalue weighted by molar-refractivity contribution is 0.196. The quantitative estimate of drug-likeness (QED) is 0.450. The molecule has 0 aliphatic heterocycles. The lowest BCUT2D eigenvalue weighted by atomic mass is 10.1. The number of benzene rings is 2. The Hall–Kier alpha value is -3.42. The van der Waals surface area contributed by atoms with Crippen LogP contribution < -0.4 is 0 Å². The van der Waals surface area contributed by atoms with Crippen molar-refractivity contribution < 1.29 is 17.9 Å². The molecule has 32 heavy (non-hydrogen) atoms. The van der Waals surface area contributed by atoms with Gasteiger partial charge in [-0.25, -0.2) is 22.8 Å². The molecule has 0 saturated heterocycles. The number of nitrogens with zero attached hydrogens (tertiary/aromatic N) is 2. The van der Waals surface area contributed by atoms with Gasteiger partial charge in [-0.05, 0) is 66.6 Å². The first-order chi connectivity index (χ1) is 15.3. The average Bonchev–Trinajstić information content (AvgIpc) is 2.79. The van der Waals surface area contributed by atoms with Crippen LogP contribution in [0.25, 0.3) is 28.4 Å². The van der Waals surface area contributed by atoms with Gasteiger partial charge in [0, 0.05) is 17.1 Å². The van der Waals surface area contributed by atoms with E-state index in [-0.39, 0.29) is 16.5 Å². The van der Waals surface area contributed by atoms with Crippen molar-refractivity contribution in [1.29, 1.82) is 0 Å². The van der Waals surface area contributed by atoms with E-state index in [0.29, 0.717) is 16.9 Å². The summed E-state index contributed by atoms with van der Waals surface area (Å²) >= 11 is 0. The minimum Gasteiger partial charge on any atom is -0.389 e. The first-order valence-electron chi connectivity index (χ1n) is 10.0. The number of sulfone groups is 1. The number of rotatable bonds is 6. The maximum atomic E-state index is 13.1. The number of hydrogen-bond acceptors (Lipinski definition) is 5. The van der Waals surface area contributed by atoms with Gasteiger partial charge in [0.1, 0.15) is 5.82 Å². The van der Waals surface area contributed by atoms with Crippen molar-refractivity contribution in [1.82, 2.24) is 9.97 Å². The highest BCUT2D eigenvalue weighted by Gasteiger charge is 2.19. The summed E-state index contributed by atoms with van der Waals surface area (Å²) < 4.78 is 38.6. The van der Waals surface area contributed by atoms with E-state index in [4.69, 9.17) is 0 Å². The molecule has 0 aliphatic carbocycles. The number of aromatic nitrogens is 2. The van der Waals surface area contributed by atoms with Crippen molar-refractivity contribution in [2.24, 2.45) is 0 Å². The molecule has 0 amide bonds.